The smallest absolute Gasteiger partial charge is 0.223 e. The predicted octanol–water partition coefficient (Wildman–Crippen LogP) is 4.06. The third kappa shape index (κ3) is 7.28. The highest BCUT2D eigenvalue weighted by molar-refractivity contribution is 6.02. The van der Waals surface area contributed by atoms with Gasteiger partial charge in [-0.3, -0.25) is 14.4 Å². The van der Waals surface area contributed by atoms with Crippen molar-refractivity contribution in [3.8, 4) is 0 Å². The fraction of sp³-hybridized carbons (Fsp3) is 0.842. The third-order valence-electron chi connectivity index (χ3n) is 4.68. The molecule has 4 nitrogen and oxygen atoms in total. The van der Waals surface area contributed by atoms with E-state index < -0.39 is 0 Å². The number of likely N-dealkylation sites (tertiary alicyclic amines) is 1. The first-order valence-electron chi connectivity index (χ1n) is 9.44. The van der Waals surface area contributed by atoms with Crippen molar-refractivity contribution in [2.45, 2.75) is 96.9 Å². The molecule has 1 heterocycles. The van der Waals surface area contributed by atoms with E-state index in [-0.39, 0.29) is 29.9 Å². The lowest BCUT2D eigenvalue weighted by molar-refractivity contribution is -0.138. The van der Waals surface area contributed by atoms with Gasteiger partial charge in [0, 0.05) is 19.4 Å². The summed E-state index contributed by atoms with van der Waals surface area (Å²) in [5, 5.41) is 0. The number of hydrogen-bond acceptors (Lipinski definition) is 3. The average Bonchev–Trinajstić information content (AvgIpc) is 2.93. The maximum absolute atomic E-state index is 12.3. The van der Waals surface area contributed by atoms with Crippen LogP contribution in [0.1, 0.15) is 90.9 Å². The van der Waals surface area contributed by atoms with E-state index >= 15 is 0 Å². The van der Waals surface area contributed by atoms with Crippen LogP contribution in [0.15, 0.2) is 0 Å². The van der Waals surface area contributed by atoms with Gasteiger partial charge >= 0.3 is 0 Å². The molecule has 1 aliphatic rings. The van der Waals surface area contributed by atoms with Gasteiger partial charge in [-0.25, -0.2) is 0 Å². The van der Waals surface area contributed by atoms with Gasteiger partial charge in [0.15, 0.2) is 5.78 Å². The van der Waals surface area contributed by atoms with Gasteiger partial charge in [0.05, 0.1) is 12.5 Å². The summed E-state index contributed by atoms with van der Waals surface area (Å²) in [6.07, 6.45) is 10.7. The van der Waals surface area contributed by atoms with Crippen LogP contribution in [0.3, 0.4) is 0 Å². The normalized spacial score (nSPS) is 15.9. The maximum Gasteiger partial charge on any atom is 0.223 e. The van der Waals surface area contributed by atoms with Crippen molar-refractivity contribution < 1.29 is 14.4 Å². The molecule has 1 amide bonds. The number of rotatable bonds is 13. The van der Waals surface area contributed by atoms with E-state index in [4.69, 9.17) is 0 Å². The summed E-state index contributed by atoms with van der Waals surface area (Å²) in [7, 11) is 0. The lowest BCUT2D eigenvalue weighted by Gasteiger charge is -2.25. The van der Waals surface area contributed by atoms with Crippen LogP contribution in [-0.2, 0) is 14.4 Å². The molecule has 0 bridgehead atoms. The van der Waals surface area contributed by atoms with E-state index in [1.807, 2.05) is 6.92 Å². The summed E-state index contributed by atoms with van der Waals surface area (Å²) in [6.45, 7) is 4.78. The molecule has 0 radical (unpaired) electrons. The first kappa shape index (κ1) is 19.9. The minimum absolute atomic E-state index is 0.00186. The zero-order valence-electron chi connectivity index (χ0n) is 14.9. The Morgan fingerprint density at radius 2 is 1.70 bits per heavy atom. The minimum Gasteiger partial charge on any atom is -0.333 e. The number of Topliss-reactive ketones (excluding diaryl/α,β-unsaturated/α-hetero) is 2. The first-order valence-corrected chi connectivity index (χ1v) is 9.44. The van der Waals surface area contributed by atoms with Gasteiger partial charge in [-0.05, 0) is 19.3 Å². The molecule has 1 aliphatic heterocycles. The summed E-state index contributed by atoms with van der Waals surface area (Å²) < 4.78 is 0. The molecule has 132 valence electrons. The minimum atomic E-state index is -0.386. The molecule has 0 aromatic heterocycles. The zero-order chi connectivity index (χ0) is 17.1. The molecule has 1 saturated heterocycles. The number of ketones is 2. The van der Waals surface area contributed by atoms with Crippen molar-refractivity contribution in [2.75, 3.05) is 6.54 Å². The van der Waals surface area contributed by atoms with Gasteiger partial charge in [0.1, 0.15) is 5.78 Å². The molecule has 0 N–H and O–H groups in total. The summed E-state index contributed by atoms with van der Waals surface area (Å²) in [6, 6.07) is -0.386. The van der Waals surface area contributed by atoms with E-state index in [0.717, 1.165) is 19.3 Å². The van der Waals surface area contributed by atoms with Crippen molar-refractivity contribution in [2.24, 2.45) is 0 Å². The Balaban J connectivity index is 2.21. The van der Waals surface area contributed by atoms with Crippen LogP contribution in [-0.4, -0.2) is 35.0 Å². The molecule has 0 unspecified atom stereocenters. The zero-order valence-corrected chi connectivity index (χ0v) is 14.9. The number of nitrogens with zero attached hydrogens (tertiary/aromatic N) is 1. The van der Waals surface area contributed by atoms with Crippen LogP contribution in [0.4, 0.5) is 0 Å². The second kappa shape index (κ2) is 11.4. The Hall–Kier alpha value is -1.19. The molecule has 1 fully saturated rings. The van der Waals surface area contributed by atoms with Gasteiger partial charge in [-0.15, -0.1) is 0 Å². The second-order valence-electron chi connectivity index (χ2n) is 6.67. The fourth-order valence-electron chi connectivity index (χ4n) is 3.30. The highest BCUT2D eigenvalue weighted by Crippen LogP contribution is 2.18. The van der Waals surface area contributed by atoms with Crippen LogP contribution >= 0.6 is 0 Å². The Bertz CT molecular complexity index is 392. The van der Waals surface area contributed by atoms with Gasteiger partial charge in [-0.1, -0.05) is 52.4 Å². The molecular formula is C19H33NO3. The van der Waals surface area contributed by atoms with Gasteiger partial charge in [0.2, 0.25) is 5.91 Å². The topological polar surface area (TPSA) is 54.5 Å². The fourth-order valence-corrected chi connectivity index (χ4v) is 3.30. The molecule has 4 heteroatoms. The molecule has 23 heavy (non-hydrogen) atoms. The molecular weight excluding hydrogens is 290 g/mol. The van der Waals surface area contributed by atoms with E-state index in [1.54, 1.807) is 4.90 Å². The molecule has 0 spiro atoms. The molecule has 1 atom stereocenters. The largest absolute Gasteiger partial charge is 0.333 e. The Morgan fingerprint density at radius 3 is 2.26 bits per heavy atom. The van der Waals surface area contributed by atoms with Crippen molar-refractivity contribution in [3.05, 3.63) is 0 Å². The van der Waals surface area contributed by atoms with E-state index in [2.05, 4.69) is 6.92 Å². The number of amides is 1. The predicted molar refractivity (Wildman–Crippen MR) is 92.3 cm³/mol. The van der Waals surface area contributed by atoms with Crippen molar-refractivity contribution in [1.29, 1.82) is 0 Å². The number of hydrogen-bond donors (Lipinski definition) is 0. The van der Waals surface area contributed by atoms with Gasteiger partial charge in [-0.2, -0.15) is 0 Å². The summed E-state index contributed by atoms with van der Waals surface area (Å²) >= 11 is 0. The van der Waals surface area contributed by atoms with Crippen LogP contribution in [0, 0.1) is 0 Å². The molecule has 0 aliphatic carbocycles. The van der Waals surface area contributed by atoms with Crippen molar-refractivity contribution in [3.63, 3.8) is 0 Å². The molecule has 0 saturated carbocycles. The standard InChI is InChI=1S/C19H33NO3/c1-3-5-6-7-8-9-10-12-16(21)15-18(22)17(4-2)20-14-11-13-19(20)23/h17H,3-15H2,1-2H3/t17-/m0/s1. The quantitative estimate of drug-likeness (QED) is 0.379. The molecule has 0 aromatic rings. The summed E-state index contributed by atoms with van der Waals surface area (Å²) in [4.78, 5) is 37.7. The lowest BCUT2D eigenvalue weighted by atomic mass is 10.00. The SMILES string of the molecule is CCCCCCCCCC(=O)CC(=O)[C@H](CC)N1CCCC1=O. The summed E-state index contributed by atoms with van der Waals surface area (Å²) in [5.41, 5.74) is 0. The number of carbonyl (C=O) groups is 3. The highest BCUT2D eigenvalue weighted by atomic mass is 16.2. The van der Waals surface area contributed by atoms with Crippen LogP contribution < -0.4 is 0 Å². The highest BCUT2D eigenvalue weighted by Gasteiger charge is 2.31. The van der Waals surface area contributed by atoms with E-state index in [1.165, 1.54) is 32.1 Å². The summed E-state index contributed by atoms with van der Waals surface area (Å²) in [5.74, 6) is 0.0223. The van der Waals surface area contributed by atoms with Gasteiger partial charge in [0.25, 0.3) is 0 Å². The van der Waals surface area contributed by atoms with Crippen molar-refractivity contribution >= 4 is 17.5 Å². The lowest BCUT2D eigenvalue weighted by Crippen LogP contribution is -2.42. The monoisotopic (exact) mass is 323 g/mol. The molecule has 1 rings (SSSR count). The van der Waals surface area contributed by atoms with Crippen molar-refractivity contribution in [1.82, 2.24) is 4.90 Å². The Kier molecular flexibility index (Phi) is 9.81. The van der Waals surface area contributed by atoms with E-state index in [0.29, 0.717) is 25.8 Å². The van der Waals surface area contributed by atoms with Crippen LogP contribution in [0.2, 0.25) is 0 Å². The van der Waals surface area contributed by atoms with Gasteiger partial charge < -0.3 is 4.90 Å². The third-order valence-corrected chi connectivity index (χ3v) is 4.68. The second-order valence-corrected chi connectivity index (χ2v) is 6.67. The first-order chi connectivity index (χ1) is 11.1. The number of unbranched alkanes of at least 4 members (excludes halogenated alkanes) is 6. The van der Waals surface area contributed by atoms with Crippen LogP contribution in [0.25, 0.3) is 0 Å². The average molecular weight is 323 g/mol. The Morgan fingerprint density at radius 1 is 1.04 bits per heavy atom. The number of carbonyl (C=O) groups excluding carboxylic acids is 3. The Labute approximate surface area is 141 Å². The van der Waals surface area contributed by atoms with Crippen LogP contribution in [0.5, 0.6) is 0 Å². The van der Waals surface area contributed by atoms with E-state index in [9.17, 15) is 14.4 Å². The molecule has 0 aromatic carbocycles. The maximum atomic E-state index is 12.3.